The lowest BCUT2D eigenvalue weighted by Gasteiger charge is -2.40. The summed E-state index contributed by atoms with van der Waals surface area (Å²) in [6, 6.07) is 6.66. The van der Waals surface area contributed by atoms with Gasteiger partial charge in [0.05, 0.1) is 5.56 Å². The van der Waals surface area contributed by atoms with Gasteiger partial charge in [0, 0.05) is 25.1 Å². The number of aromatic nitrogens is 2. The van der Waals surface area contributed by atoms with Gasteiger partial charge in [-0.05, 0) is 31.9 Å². The molecule has 0 unspecified atom stereocenters. The largest absolute Gasteiger partial charge is 0.362 e. The minimum Gasteiger partial charge on any atom is -0.362 e. The molecule has 0 bridgehead atoms. The first kappa shape index (κ1) is 20.3. The first-order valence-electron chi connectivity index (χ1n) is 10.0. The standard InChI is InChI=1S/C20H24N6O3S/c1-3-15-24-25-19(30-15)21-17(28)12(2)26-11-10-20(9-8-16(26)27)22-14-7-5-4-6-13(14)18(29)23-20/h4-7,12,22H,3,8-11H2,1-2H3,(H,23,29)(H,21,25,28)/t12-,20-/m1/s1. The van der Waals surface area contributed by atoms with E-state index in [0.29, 0.717) is 30.1 Å². The SMILES string of the molecule is CCc1nnc(NC(=O)[C@@H](C)N2CC[C@@]3(CCC2=O)NC(=O)c2ccccc2N3)s1. The van der Waals surface area contributed by atoms with Crippen LogP contribution in [0.15, 0.2) is 24.3 Å². The fourth-order valence-electron chi connectivity index (χ4n) is 3.85. The number of fused-ring (bicyclic) bond motifs is 1. The van der Waals surface area contributed by atoms with Crippen LogP contribution in [-0.4, -0.2) is 51.1 Å². The molecule has 0 radical (unpaired) electrons. The van der Waals surface area contributed by atoms with Crippen LogP contribution in [0.1, 0.15) is 48.5 Å². The number of likely N-dealkylation sites (tertiary alicyclic amines) is 1. The molecule has 2 aliphatic rings. The van der Waals surface area contributed by atoms with E-state index in [9.17, 15) is 14.4 Å². The van der Waals surface area contributed by atoms with Crippen LogP contribution in [-0.2, 0) is 16.0 Å². The summed E-state index contributed by atoms with van der Waals surface area (Å²) in [5.74, 6) is -0.570. The van der Waals surface area contributed by atoms with Crippen molar-refractivity contribution < 1.29 is 14.4 Å². The molecular formula is C20H24N6O3S. The lowest BCUT2D eigenvalue weighted by molar-refractivity contribution is -0.137. The molecule has 1 saturated heterocycles. The van der Waals surface area contributed by atoms with Crippen LogP contribution in [0.5, 0.6) is 0 Å². The van der Waals surface area contributed by atoms with Gasteiger partial charge in [-0.3, -0.25) is 19.7 Å². The topological polar surface area (TPSA) is 116 Å². The number of hydrogen-bond acceptors (Lipinski definition) is 7. The van der Waals surface area contributed by atoms with E-state index in [2.05, 4.69) is 26.1 Å². The molecule has 10 heteroatoms. The molecule has 1 aromatic heterocycles. The van der Waals surface area contributed by atoms with Crippen LogP contribution >= 0.6 is 11.3 Å². The van der Waals surface area contributed by atoms with E-state index >= 15 is 0 Å². The van der Waals surface area contributed by atoms with Gasteiger partial charge in [0.2, 0.25) is 16.9 Å². The first-order valence-corrected chi connectivity index (χ1v) is 10.8. The van der Waals surface area contributed by atoms with Crippen molar-refractivity contribution >= 4 is 39.9 Å². The molecule has 4 rings (SSSR count). The first-order chi connectivity index (χ1) is 14.4. The zero-order valence-corrected chi connectivity index (χ0v) is 17.7. The maximum atomic E-state index is 12.8. The summed E-state index contributed by atoms with van der Waals surface area (Å²) in [6.45, 7) is 4.02. The number of aryl methyl sites for hydroxylation is 1. The van der Waals surface area contributed by atoms with Crippen molar-refractivity contribution in [3.63, 3.8) is 0 Å². The average Bonchev–Trinajstić information content (AvgIpc) is 3.13. The summed E-state index contributed by atoms with van der Waals surface area (Å²) in [7, 11) is 0. The Hall–Kier alpha value is -3.01. The molecule has 3 N–H and O–H groups in total. The summed E-state index contributed by atoms with van der Waals surface area (Å²) in [5, 5.41) is 18.4. The highest BCUT2D eigenvalue weighted by Gasteiger charge is 2.41. The number of hydrogen-bond donors (Lipinski definition) is 3. The predicted octanol–water partition coefficient (Wildman–Crippen LogP) is 1.99. The van der Waals surface area contributed by atoms with Gasteiger partial charge in [-0.25, -0.2) is 0 Å². The van der Waals surface area contributed by atoms with E-state index in [1.54, 1.807) is 17.9 Å². The maximum Gasteiger partial charge on any atom is 0.255 e. The average molecular weight is 429 g/mol. The van der Waals surface area contributed by atoms with E-state index in [0.717, 1.165) is 17.1 Å². The highest BCUT2D eigenvalue weighted by molar-refractivity contribution is 7.15. The van der Waals surface area contributed by atoms with Crippen LogP contribution in [0.25, 0.3) is 0 Å². The summed E-state index contributed by atoms with van der Waals surface area (Å²) in [4.78, 5) is 39.6. The highest BCUT2D eigenvalue weighted by atomic mass is 32.1. The molecule has 0 saturated carbocycles. The molecule has 1 fully saturated rings. The van der Waals surface area contributed by atoms with Crippen molar-refractivity contribution in [2.45, 2.75) is 51.2 Å². The Morgan fingerprint density at radius 3 is 2.83 bits per heavy atom. The number of carbonyl (C=O) groups is 3. The summed E-state index contributed by atoms with van der Waals surface area (Å²) < 4.78 is 0. The predicted molar refractivity (Wildman–Crippen MR) is 113 cm³/mol. The molecule has 1 spiro atoms. The van der Waals surface area contributed by atoms with E-state index in [1.807, 2.05) is 25.1 Å². The van der Waals surface area contributed by atoms with Crippen LogP contribution in [0.3, 0.4) is 0 Å². The fraction of sp³-hybridized carbons (Fsp3) is 0.450. The normalized spacial score (nSPS) is 22.0. The smallest absolute Gasteiger partial charge is 0.255 e. The van der Waals surface area contributed by atoms with Crippen molar-refractivity contribution in [1.29, 1.82) is 0 Å². The quantitative estimate of drug-likeness (QED) is 0.686. The van der Waals surface area contributed by atoms with Crippen molar-refractivity contribution in [3.05, 3.63) is 34.8 Å². The third-order valence-corrected chi connectivity index (χ3v) is 6.59. The molecule has 158 valence electrons. The number of amides is 3. The van der Waals surface area contributed by atoms with Gasteiger partial charge in [0.1, 0.15) is 16.7 Å². The molecule has 9 nitrogen and oxygen atoms in total. The van der Waals surface area contributed by atoms with Gasteiger partial charge in [0.15, 0.2) is 0 Å². The highest BCUT2D eigenvalue weighted by Crippen LogP contribution is 2.32. The summed E-state index contributed by atoms with van der Waals surface area (Å²) >= 11 is 1.33. The van der Waals surface area contributed by atoms with Gasteiger partial charge < -0.3 is 15.5 Å². The summed E-state index contributed by atoms with van der Waals surface area (Å²) in [6.07, 6.45) is 1.92. The van der Waals surface area contributed by atoms with Gasteiger partial charge in [0.25, 0.3) is 5.91 Å². The molecule has 0 aliphatic carbocycles. The van der Waals surface area contributed by atoms with E-state index in [4.69, 9.17) is 0 Å². The van der Waals surface area contributed by atoms with Crippen molar-refractivity contribution in [2.75, 3.05) is 17.2 Å². The number of rotatable bonds is 4. The maximum absolute atomic E-state index is 12.8. The summed E-state index contributed by atoms with van der Waals surface area (Å²) in [5.41, 5.74) is 0.643. The third-order valence-electron chi connectivity index (χ3n) is 5.61. The van der Waals surface area contributed by atoms with Crippen molar-refractivity contribution in [1.82, 2.24) is 20.4 Å². The Kier molecular flexibility index (Phi) is 5.42. The van der Waals surface area contributed by atoms with E-state index in [1.165, 1.54) is 11.3 Å². The number of carbonyl (C=O) groups excluding carboxylic acids is 3. The minimum absolute atomic E-state index is 0.115. The number of benzene rings is 1. The monoisotopic (exact) mass is 428 g/mol. The molecule has 1 aromatic carbocycles. The van der Waals surface area contributed by atoms with Crippen LogP contribution in [0.4, 0.5) is 10.8 Å². The molecule has 2 aliphatic heterocycles. The van der Waals surface area contributed by atoms with E-state index < -0.39 is 11.7 Å². The Morgan fingerprint density at radius 2 is 2.07 bits per heavy atom. The third kappa shape index (κ3) is 3.87. The molecular weight excluding hydrogens is 404 g/mol. The van der Waals surface area contributed by atoms with Gasteiger partial charge in [-0.1, -0.05) is 30.4 Å². The van der Waals surface area contributed by atoms with Crippen molar-refractivity contribution in [3.8, 4) is 0 Å². The fourth-order valence-corrected chi connectivity index (χ4v) is 4.53. The molecule has 3 heterocycles. The number of anilines is 2. The second kappa shape index (κ2) is 8.02. The van der Waals surface area contributed by atoms with Crippen LogP contribution < -0.4 is 16.0 Å². The molecule has 2 aromatic rings. The number of para-hydroxylation sites is 1. The minimum atomic E-state index is -0.707. The zero-order chi connectivity index (χ0) is 21.3. The molecule has 30 heavy (non-hydrogen) atoms. The number of nitrogens with one attached hydrogen (secondary N) is 3. The lowest BCUT2D eigenvalue weighted by atomic mass is 9.95. The lowest BCUT2D eigenvalue weighted by Crippen LogP contribution is -2.58. The Labute approximate surface area is 178 Å². The van der Waals surface area contributed by atoms with Gasteiger partial charge >= 0.3 is 0 Å². The second-order valence-corrected chi connectivity index (χ2v) is 8.63. The van der Waals surface area contributed by atoms with E-state index in [-0.39, 0.29) is 24.1 Å². The van der Waals surface area contributed by atoms with Gasteiger partial charge in [-0.15, -0.1) is 10.2 Å². The Bertz CT molecular complexity index is 992. The van der Waals surface area contributed by atoms with Crippen molar-refractivity contribution in [2.24, 2.45) is 0 Å². The van der Waals surface area contributed by atoms with Crippen LogP contribution in [0, 0.1) is 0 Å². The molecule has 3 amide bonds. The molecule has 2 atom stereocenters. The number of nitrogens with zero attached hydrogens (tertiary/aromatic N) is 3. The zero-order valence-electron chi connectivity index (χ0n) is 16.9. The Balaban J connectivity index is 1.46. The second-order valence-electron chi connectivity index (χ2n) is 7.56. The van der Waals surface area contributed by atoms with Gasteiger partial charge in [-0.2, -0.15) is 0 Å². The van der Waals surface area contributed by atoms with Crippen LogP contribution in [0.2, 0.25) is 0 Å². The Morgan fingerprint density at radius 1 is 1.27 bits per heavy atom.